The SMILES string of the molecule is COc1ccccc1CC(CNC(=O)CN1Cc2ccccc2C1=O)C(=O)O. The number of ether oxygens (including phenoxy) is 1. The van der Waals surface area contributed by atoms with Gasteiger partial charge in [0.15, 0.2) is 0 Å². The van der Waals surface area contributed by atoms with Crippen LogP contribution < -0.4 is 10.1 Å². The van der Waals surface area contributed by atoms with Gasteiger partial charge in [0.2, 0.25) is 5.91 Å². The van der Waals surface area contributed by atoms with Crippen molar-refractivity contribution in [1.82, 2.24) is 10.2 Å². The highest BCUT2D eigenvalue weighted by atomic mass is 16.5. The average Bonchev–Trinajstić information content (AvgIpc) is 3.01. The zero-order valence-electron chi connectivity index (χ0n) is 15.6. The number of carbonyl (C=O) groups excluding carboxylic acids is 2. The van der Waals surface area contributed by atoms with Crippen LogP contribution in [0, 0.1) is 5.92 Å². The van der Waals surface area contributed by atoms with Crippen LogP contribution in [0.4, 0.5) is 0 Å². The first-order valence-corrected chi connectivity index (χ1v) is 8.98. The van der Waals surface area contributed by atoms with Crippen molar-refractivity contribution in [3.63, 3.8) is 0 Å². The number of amides is 2. The van der Waals surface area contributed by atoms with E-state index in [-0.39, 0.29) is 31.3 Å². The molecule has 7 heteroatoms. The molecular formula is C21H22N2O5. The molecule has 2 aromatic carbocycles. The van der Waals surface area contributed by atoms with Crippen molar-refractivity contribution in [1.29, 1.82) is 0 Å². The van der Waals surface area contributed by atoms with Crippen LogP contribution in [0.5, 0.6) is 5.75 Å². The second-order valence-electron chi connectivity index (χ2n) is 6.67. The van der Waals surface area contributed by atoms with Gasteiger partial charge in [-0.05, 0) is 29.7 Å². The number of hydrogen-bond donors (Lipinski definition) is 2. The summed E-state index contributed by atoms with van der Waals surface area (Å²) in [5.74, 6) is -1.76. The van der Waals surface area contributed by atoms with Gasteiger partial charge in [-0.25, -0.2) is 0 Å². The first-order chi connectivity index (χ1) is 13.5. The fourth-order valence-corrected chi connectivity index (χ4v) is 3.29. The molecule has 2 N–H and O–H groups in total. The van der Waals surface area contributed by atoms with E-state index in [1.165, 1.54) is 12.0 Å². The third-order valence-corrected chi connectivity index (χ3v) is 4.78. The number of para-hydroxylation sites is 1. The van der Waals surface area contributed by atoms with Gasteiger partial charge in [-0.15, -0.1) is 0 Å². The van der Waals surface area contributed by atoms with E-state index in [0.29, 0.717) is 17.9 Å². The zero-order chi connectivity index (χ0) is 20.1. The van der Waals surface area contributed by atoms with Crippen molar-refractivity contribution in [2.24, 2.45) is 5.92 Å². The van der Waals surface area contributed by atoms with E-state index < -0.39 is 11.9 Å². The lowest BCUT2D eigenvalue weighted by Gasteiger charge is -2.18. The van der Waals surface area contributed by atoms with Gasteiger partial charge in [0, 0.05) is 18.7 Å². The summed E-state index contributed by atoms with van der Waals surface area (Å²) in [6.45, 7) is 0.252. The molecule has 0 saturated heterocycles. The molecular weight excluding hydrogens is 360 g/mol. The molecule has 7 nitrogen and oxygen atoms in total. The van der Waals surface area contributed by atoms with E-state index in [4.69, 9.17) is 4.74 Å². The van der Waals surface area contributed by atoms with Gasteiger partial charge in [0.25, 0.3) is 5.91 Å². The van der Waals surface area contributed by atoms with Crippen LogP contribution in [0.15, 0.2) is 48.5 Å². The number of nitrogens with zero attached hydrogens (tertiary/aromatic N) is 1. The highest BCUT2D eigenvalue weighted by Gasteiger charge is 2.28. The van der Waals surface area contributed by atoms with Crippen LogP contribution in [0.3, 0.4) is 0 Å². The van der Waals surface area contributed by atoms with Crippen LogP contribution in [-0.2, 0) is 22.6 Å². The predicted molar refractivity (Wildman–Crippen MR) is 102 cm³/mol. The molecule has 1 unspecified atom stereocenters. The fraction of sp³-hybridized carbons (Fsp3) is 0.286. The Morgan fingerprint density at radius 1 is 1.18 bits per heavy atom. The molecule has 1 atom stereocenters. The van der Waals surface area contributed by atoms with Crippen LogP contribution in [-0.4, -0.2) is 48.0 Å². The van der Waals surface area contributed by atoms with Crippen LogP contribution in [0.25, 0.3) is 0 Å². The number of nitrogens with one attached hydrogen (secondary N) is 1. The first-order valence-electron chi connectivity index (χ1n) is 8.98. The van der Waals surface area contributed by atoms with Crippen LogP contribution in [0.2, 0.25) is 0 Å². The number of carbonyl (C=O) groups is 3. The Morgan fingerprint density at radius 2 is 1.89 bits per heavy atom. The van der Waals surface area contributed by atoms with Crippen molar-refractivity contribution < 1.29 is 24.2 Å². The maximum Gasteiger partial charge on any atom is 0.308 e. The second kappa shape index (κ2) is 8.56. The number of hydrogen-bond acceptors (Lipinski definition) is 4. The Balaban J connectivity index is 1.56. The topological polar surface area (TPSA) is 95.9 Å². The highest BCUT2D eigenvalue weighted by molar-refractivity contribution is 6.00. The Bertz CT molecular complexity index is 896. The normalized spacial score (nSPS) is 13.8. The molecule has 3 rings (SSSR count). The summed E-state index contributed by atoms with van der Waals surface area (Å²) in [5.41, 5.74) is 2.26. The van der Waals surface area contributed by atoms with E-state index >= 15 is 0 Å². The smallest absolute Gasteiger partial charge is 0.308 e. The summed E-state index contributed by atoms with van der Waals surface area (Å²) < 4.78 is 5.26. The minimum Gasteiger partial charge on any atom is -0.496 e. The molecule has 0 radical (unpaired) electrons. The van der Waals surface area contributed by atoms with Gasteiger partial charge in [0.1, 0.15) is 12.3 Å². The summed E-state index contributed by atoms with van der Waals surface area (Å²) in [6.07, 6.45) is 0.230. The van der Waals surface area contributed by atoms with E-state index in [0.717, 1.165) is 11.1 Å². The minimum atomic E-state index is -1.00. The van der Waals surface area contributed by atoms with Crippen LogP contribution in [0.1, 0.15) is 21.5 Å². The number of methoxy groups -OCH3 is 1. The number of benzene rings is 2. The molecule has 1 aliphatic heterocycles. The Labute approximate surface area is 162 Å². The standard InChI is InChI=1S/C21H22N2O5/c1-28-18-9-5-3-6-14(18)10-16(21(26)27)11-22-19(24)13-23-12-15-7-2-4-8-17(15)20(23)25/h2-9,16H,10-13H2,1H3,(H,22,24)(H,26,27). The largest absolute Gasteiger partial charge is 0.496 e. The van der Waals surface area contributed by atoms with Gasteiger partial charge in [-0.1, -0.05) is 36.4 Å². The molecule has 146 valence electrons. The van der Waals surface area contributed by atoms with Gasteiger partial charge in [-0.2, -0.15) is 0 Å². The Hall–Kier alpha value is -3.35. The molecule has 0 aliphatic carbocycles. The maximum atomic E-state index is 12.3. The molecule has 0 aromatic heterocycles. The van der Waals surface area contributed by atoms with Gasteiger partial charge in [0.05, 0.1) is 13.0 Å². The lowest BCUT2D eigenvalue weighted by molar-refractivity contribution is -0.141. The molecule has 0 fully saturated rings. The molecule has 2 amide bonds. The zero-order valence-corrected chi connectivity index (χ0v) is 15.6. The predicted octanol–water partition coefficient (Wildman–Crippen LogP) is 1.71. The first kappa shape index (κ1) is 19.4. The average molecular weight is 382 g/mol. The molecule has 28 heavy (non-hydrogen) atoms. The summed E-state index contributed by atoms with van der Waals surface area (Å²) in [7, 11) is 1.53. The number of fused-ring (bicyclic) bond motifs is 1. The molecule has 2 aromatic rings. The Morgan fingerprint density at radius 3 is 2.61 bits per heavy atom. The van der Waals surface area contributed by atoms with Crippen molar-refractivity contribution in [2.45, 2.75) is 13.0 Å². The van der Waals surface area contributed by atoms with Crippen molar-refractivity contribution in [2.75, 3.05) is 20.2 Å². The van der Waals surface area contributed by atoms with E-state index in [1.807, 2.05) is 24.3 Å². The maximum absolute atomic E-state index is 12.3. The molecule has 0 bridgehead atoms. The lowest BCUT2D eigenvalue weighted by Crippen LogP contribution is -2.41. The van der Waals surface area contributed by atoms with E-state index in [2.05, 4.69) is 5.32 Å². The van der Waals surface area contributed by atoms with Crippen molar-refractivity contribution >= 4 is 17.8 Å². The summed E-state index contributed by atoms with van der Waals surface area (Å²) >= 11 is 0. The monoisotopic (exact) mass is 382 g/mol. The number of carboxylic acid groups (broad SMARTS) is 1. The quantitative estimate of drug-likeness (QED) is 0.725. The van der Waals surface area contributed by atoms with Gasteiger partial charge < -0.3 is 20.1 Å². The molecule has 0 spiro atoms. The van der Waals surface area contributed by atoms with E-state index in [9.17, 15) is 19.5 Å². The van der Waals surface area contributed by atoms with Crippen molar-refractivity contribution in [3.05, 3.63) is 65.2 Å². The highest BCUT2D eigenvalue weighted by Crippen LogP contribution is 2.22. The summed E-state index contributed by atoms with van der Waals surface area (Å²) in [4.78, 5) is 37.7. The third-order valence-electron chi connectivity index (χ3n) is 4.78. The molecule has 1 heterocycles. The van der Waals surface area contributed by atoms with Crippen molar-refractivity contribution in [3.8, 4) is 5.75 Å². The minimum absolute atomic E-state index is 0.0266. The lowest BCUT2D eigenvalue weighted by atomic mass is 9.98. The fourth-order valence-electron chi connectivity index (χ4n) is 3.29. The van der Waals surface area contributed by atoms with Crippen LogP contribution >= 0.6 is 0 Å². The number of rotatable bonds is 8. The van der Waals surface area contributed by atoms with Gasteiger partial charge >= 0.3 is 5.97 Å². The number of carboxylic acids is 1. The summed E-state index contributed by atoms with van der Waals surface area (Å²) in [6, 6.07) is 14.4. The van der Waals surface area contributed by atoms with E-state index in [1.54, 1.807) is 24.3 Å². The molecule has 1 aliphatic rings. The summed E-state index contributed by atoms with van der Waals surface area (Å²) in [5, 5.41) is 12.1. The number of aliphatic carboxylic acids is 1. The van der Waals surface area contributed by atoms with Gasteiger partial charge in [-0.3, -0.25) is 14.4 Å². The second-order valence-corrected chi connectivity index (χ2v) is 6.67. The third kappa shape index (κ3) is 4.31. The molecule has 0 saturated carbocycles. The Kier molecular flexibility index (Phi) is 5.93.